The second kappa shape index (κ2) is 11.8. The van der Waals surface area contributed by atoms with Crippen molar-refractivity contribution >= 4 is 17.3 Å². The first-order valence-electron chi connectivity index (χ1n) is 10.9. The zero-order chi connectivity index (χ0) is 19.6. The second-order valence-corrected chi connectivity index (χ2v) is 8.99. The third kappa shape index (κ3) is 6.72. The topological polar surface area (TPSA) is 46.1 Å². The molecule has 1 unspecified atom stereocenters. The molecule has 0 saturated carbocycles. The van der Waals surface area contributed by atoms with Crippen LogP contribution in [0, 0.1) is 0 Å². The molecule has 2 aliphatic heterocycles. The normalized spacial score (nSPS) is 21.6. The number of guanidine groups is 1. The van der Waals surface area contributed by atoms with Gasteiger partial charge in [0.25, 0.3) is 0 Å². The molecular weight excluding hydrogens is 368 g/mol. The molecule has 0 bridgehead atoms. The zero-order valence-corrected chi connectivity index (χ0v) is 18.5. The van der Waals surface area contributed by atoms with E-state index in [0.717, 1.165) is 25.5 Å². The molecule has 2 N–H and O–H groups in total. The van der Waals surface area contributed by atoms with Crippen LogP contribution in [-0.2, 0) is 0 Å². The largest absolute Gasteiger partial charge is 0.356 e. The summed E-state index contributed by atoms with van der Waals surface area (Å²) < 4.78 is 0. The summed E-state index contributed by atoms with van der Waals surface area (Å²) in [5.74, 6) is 0.927. The Kier molecular flexibility index (Phi) is 9.05. The third-order valence-electron chi connectivity index (χ3n) is 5.90. The molecule has 0 aliphatic carbocycles. The number of aliphatic imine (C=N–C) groups is 1. The van der Waals surface area contributed by atoms with Gasteiger partial charge in [-0.05, 0) is 76.9 Å². The molecule has 3 rings (SSSR count). The van der Waals surface area contributed by atoms with Gasteiger partial charge in [-0.2, -0.15) is 0 Å². The van der Waals surface area contributed by atoms with Crippen molar-refractivity contribution in [3.8, 4) is 0 Å². The van der Waals surface area contributed by atoms with E-state index in [1.807, 2.05) is 18.4 Å². The fourth-order valence-electron chi connectivity index (χ4n) is 4.19. The Morgan fingerprint density at radius 1 is 1.11 bits per heavy atom. The first kappa shape index (κ1) is 21.6. The van der Waals surface area contributed by atoms with E-state index in [2.05, 4.69) is 54.9 Å². The van der Waals surface area contributed by atoms with Crippen LogP contribution in [0.5, 0.6) is 0 Å². The van der Waals surface area contributed by atoms with Crippen molar-refractivity contribution in [1.29, 1.82) is 0 Å². The van der Waals surface area contributed by atoms with Gasteiger partial charge >= 0.3 is 0 Å². The van der Waals surface area contributed by atoms with Gasteiger partial charge in [-0.1, -0.05) is 6.07 Å². The van der Waals surface area contributed by atoms with Gasteiger partial charge in [-0.25, -0.2) is 0 Å². The fourth-order valence-corrected chi connectivity index (χ4v) is 5.05. The minimum Gasteiger partial charge on any atom is -0.356 e. The van der Waals surface area contributed by atoms with E-state index in [1.54, 1.807) is 0 Å². The number of nitrogens with one attached hydrogen (secondary N) is 2. The van der Waals surface area contributed by atoms with Gasteiger partial charge in [0.2, 0.25) is 0 Å². The summed E-state index contributed by atoms with van der Waals surface area (Å²) in [6, 6.07) is 4.89. The monoisotopic (exact) mass is 406 g/mol. The molecular formula is C21H38N6S. The van der Waals surface area contributed by atoms with Crippen LogP contribution in [0.3, 0.4) is 0 Å². The van der Waals surface area contributed by atoms with Gasteiger partial charge in [-0.3, -0.25) is 9.89 Å². The molecule has 3 heterocycles. The summed E-state index contributed by atoms with van der Waals surface area (Å²) in [5.41, 5.74) is 0. The average Bonchev–Trinajstić information content (AvgIpc) is 3.38. The number of likely N-dealkylation sites (N-methyl/N-ethyl adjacent to an activating group) is 1. The Labute approximate surface area is 175 Å². The summed E-state index contributed by atoms with van der Waals surface area (Å²) in [4.78, 5) is 13.5. The number of nitrogens with zero attached hydrogens (tertiary/aromatic N) is 4. The van der Waals surface area contributed by atoms with E-state index in [-0.39, 0.29) is 0 Å². The molecule has 6 nitrogen and oxygen atoms in total. The SMILES string of the molecule is CN=C(NCCCN1CCCN(C)CC1)NCC(c1cccs1)N1CCCC1. The Hall–Kier alpha value is -1.15. The van der Waals surface area contributed by atoms with Crippen LogP contribution in [0.1, 0.15) is 36.6 Å². The van der Waals surface area contributed by atoms with E-state index < -0.39 is 0 Å². The average molecular weight is 407 g/mol. The lowest BCUT2D eigenvalue weighted by atomic mass is 10.2. The van der Waals surface area contributed by atoms with Crippen molar-refractivity contribution in [2.75, 3.05) is 73.0 Å². The maximum atomic E-state index is 4.44. The van der Waals surface area contributed by atoms with Gasteiger partial charge in [0.1, 0.15) is 0 Å². The summed E-state index contributed by atoms with van der Waals surface area (Å²) in [5, 5.41) is 9.27. The molecule has 0 amide bonds. The Morgan fingerprint density at radius 3 is 2.71 bits per heavy atom. The second-order valence-electron chi connectivity index (χ2n) is 8.01. The Bertz CT molecular complexity index is 569. The molecule has 2 saturated heterocycles. The van der Waals surface area contributed by atoms with Crippen LogP contribution in [0.15, 0.2) is 22.5 Å². The van der Waals surface area contributed by atoms with E-state index in [0.29, 0.717) is 6.04 Å². The van der Waals surface area contributed by atoms with Crippen molar-refractivity contribution in [3.63, 3.8) is 0 Å². The lowest BCUT2D eigenvalue weighted by Gasteiger charge is -2.27. The minimum atomic E-state index is 0.454. The Morgan fingerprint density at radius 2 is 1.96 bits per heavy atom. The lowest BCUT2D eigenvalue weighted by molar-refractivity contribution is 0.249. The molecule has 1 atom stereocenters. The summed E-state index contributed by atoms with van der Waals surface area (Å²) >= 11 is 1.87. The van der Waals surface area contributed by atoms with Gasteiger partial charge in [-0.15, -0.1) is 11.3 Å². The summed E-state index contributed by atoms with van der Waals surface area (Å²) in [6.45, 7) is 10.3. The maximum Gasteiger partial charge on any atom is 0.191 e. The molecule has 0 spiro atoms. The maximum absolute atomic E-state index is 4.44. The van der Waals surface area contributed by atoms with Gasteiger partial charge in [0, 0.05) is 38.1 Å². The van der Waals surface area contributed by atoms with E-state index >= 15 is 0 Å². The molecule has 0 radical (unpaired) electrons. The molecule has 2 aliphatic rings. The highest BCUT2D eigenvalue weighted by molar-refractivity contribution is 7.10. The molecule has 1 aromatic rings. The van der Waals surface area contributed by atoms with E-state index in [1.165, 1.54) is 70.0 Å². The summed E-state index contributed by atoms with van der Waals surface area (Å²) in [6.07, 6.45) is 5.08. The smallest absolute Gasteiger partial charge is 0.191 e. The van der Waals surface area contributed by atoms with Crippen LogP contribution in [-0.4, -0.2) is 93.7 Å². The number of hydrogen-bond donors (Lipinski definition) is 2. The van der Waals surface area contributed by atoms with Crippen LogP contribution in [0.25, 0.3) is 0 Å². The van der Waals surface area contributed by atoms with Crippen molar-refractivity contribution in [1.82, 2.24) is 25.3 Å². The van der Waals surface area contributed by atoms with Crippen LogP contribution < -0.4 is 10.6 Å². The van der Waals surface area contributed by atoms with E-state index in [4.69, 9.17) is 0 Å². The third-order valence-corrected chi connectivity index (χ3v) is 6.87. The molecule has 0 aromatic carbocycles. The Balaban J connectivity index is 1.38. The standard InChI is InChI=1S/C21H38N6S/c1-22-21(23-9-6-11-26-12-7-10-25(2)15-16-26)24-18-19(20-8-5-17-28-20)27-13-3-4-14-27/h5,8,17,19H,3-4,6-7,9-16,18H2,1-2H3,(H2,22,23,24). The lowest BCUT2D eigenvalue weighted by Crippen LogP contribution is -2.43. The van der Waals surface area contributed by atoms with Crippen molar-refractivity contribution in [3.05, 3.63) is 22.4 Å². The number of rotatable bonds is 8. The van der Waals surface area contributed by atoms with Crippen molar-refractivity contribution in [2.24, 2.45) is 4.99 Å². The van der Waals surface area contributed by atoms with Crippen LogP contribution in [0.4, 0.5) is 0 Å². The highest BCUT2D eigenvalue weighted by Crippen LogP contribution is 2.27. The fraction of sp³-hybridized carbons (Fsp3) is 0.762. The van der Waals surface area contributed by atoms with Crippen LogP contribution in [0.2, 0.25) is 0 Å². The van der Waals surface area contributed by atoms with Crippen LogP contribution >= 0.6 is 11.3 Å². The molecule has 158 valence electrons. The van der Waals surface area contributed by atoms with Crippen molar-refractivity contribution in [2.45, 2.75) is 31.7 Å². The first-order chi connectivity index (χ1) is 13.8. The molecule has 2 fully saturated rings. The predicted octanol–water partition coefficient (Wildman–Crippen LogP) is 2.08. The van der Waals surface area contributed by atoms with E-state index in [9.17, 15) is 0 Å². The van der Waals surface area contributed by atoms with Crippen molar-refractivity contribution < 1.29 is 0 Å². The highest BCUT2D eigenvalue weighted by Gasteiger charge is 2.24. The van der Waals surface area contributed by atoms with Gasteiger partial charge in [0.15, 0.2) is 5.96 Å². The molecule has 1 aromatic heterocycles. The molecule has 7 heteroatoms. The van der Waals surface area contributed by atoms with Gasteiger partial charge in [0.05, 0.1) is 6.04 Å². The van der Waals surface area contributed by atoms with Gasteiger partial charge < -0.3 is 20.4 Å². The zero-order valence-electron chi connectivity index (χ0n) is 17.7. The minimum absolute atomic E-state index is 0.454. The quantitative estimate of drug-likeness (QED) is 0.393. The summed E-state index contributed by atoms with van der Waals surface area (Å²) in [7, 11) is 4.10. The number of hydrogen-bond acceptors (Lipinski definition) is 5. The highest BCUT2D eigenvalue weighted by atomic mass is 32.1. The predicted molar refractivity (Wildman–Crippen MR) is 120 cm³/mol. The first-order valence-corrected chi connectivity index (χ1v) is 11.8. The number of likely N-dealkylation sites (tertiary alicyclic amines) is 1. The number of thiophene rings is 1. The molecule has 28 heavy (non-hydrogen) atoms.